The first-order chi connectivity index (χ1) is 14.1. The molecule has 0 aliphatic heterocycles. The zero-order valence-corrected chi connectivity index (χ0v) is 17.9. The first-order valence-corrected chi connectivity index (χ1v) is 10.7. The second-order valence-electron chi connectivity index (χ2n) is 6.54. The van der Waals surface area contributed by atoms with E-state index in [9.17, 15) is 4.79 Å². The average Bonchev–Trinajstić information content (AvgIpc) is 3.09. The summed E-state index contributed by atoms with van der Waals surface area (Å²) in [6, 6.07) is 15.9. The van der Waals surface area contributed by atoms with Crippen molar-refractivity contribution in [3.63, 3.8) is 0 Å². The number of rotatable bonds is 10. The summed E-state index contributed by atoms with van der Waals surface area (Å²) < 4.78 is 12.7. The predicted molar refractivity (Wildman–Crippen MR) is 117 cm³/mol. The van der Waals surface area contributed by atoms with E-state index in [1.54, 1.807) is 7.11 Å². The van der Waals surface area contributed by atoms with Crippen LogP contribution in [0.3, 0.4) is 0 Å². The molecule has 0 aliphatic carbocycles. The molecule has 1 aromatic heterocycles. The minimum absolute atomic E-state index is 0.00333. The van der Waals surface area contributed by atoms with Crippen LogP contribution in [-0.4, -0.2) is 47.6 Å². The normalized spacial score (nSPS) is 12.1. The molecule has 0 aliphatic rings. The van der Waals surface area contributed by atoms with Gasteiger partial charge >= 0.3 is 0 Å². The molecular formula is C22H27N3O3S. The van der Waals surface area contributed by atoms with Gasteiger partial charge in [0, 0.05) is 25.9 Å². The molecule has 3 aromatic rings. The Morgan fingerprint density at radius 3 is 2.69 bits per heavy atom. The van der Waals surface area contributed by atoms with Gasteiger partial charge in [0.1, 0.15) is 5.75 Å². The lowest BCUT2D eigenvalue weighted by molar-refractivity contribution is -0.120. The van der Waals surface area contributed by atoms with E-state index in [1.165, 1.54) is 11.8 Å². The summed E-state index contributed by atoms with van der Waals surface area (Å²) in [5, 5.41) is 3.48. The second-order valence-corrected chi connectivity index (χ2v) is 7.85. The molecular weight excluding hydrogens is 386 g/mol. The van der Waals surface area contributed by atoms with Crippen molar-refractivity contribution < 1.29 is 14.3 Å². The van der Waals surface area contributed by atoms with Crippen LogP contribution < -0.4 is 10.1 Å². The molecule has 1 heterocycles. The van der Waals surface area contributed by atoms with Gasteiger partial charge in [-0.3, -0.25) is 9.36 Å². The summed E-state index contributed by atoms with van der Waals surface area (Å²) in [4.78, 5) is 17.2. The van der Waals surface area contributed by atoms with Crippen LogP contribution in [0.5, 0.6) is 5.75 Å². The Hall–Kier alpha value is -2.51. The summed E-state index contributed by atoms with van der Waals surface area (Å²) in [5.41, 5.74) is 2.89. The maximum Gasteiger partial charge on any atom is 0.233 e. The number of ether oxygens (including phenoxy) is 2. The molecule has 1 N–H and O–H groups in total. The van der Waals surface area contributed by atoms with E-state index in [2.05, 4.69) is 9.88 Å². The topological polar surface area (TPSA) is 65.4 Å². The van der Waals surface area contributed by atoms with Gasteiger partial charge in [0.2, 0.25) is 5.91 Å². The number of carbonyl (C=O) groups excluding carboxylic acids is 1. The summed E-state index contributed by atoms with van der Waals surface area (Å²) >= 11 is 1.45. The van der Waals surface area contributed by atoms with Crippen molar-refractivity contribution in [2.24, 2.45) is 0 Å². The number of aromatic nitrogens is 2. The van der Waals surface area contributed by atoms with E-state index in [1.807, 2.05) is 62.4 Å². The first-order valence-electron chi connectivity index (χ1n) is 9.78. The van der Waals surface area contributed by atoms with E-state index in [0.29, 0.717) is 19.8 Å². The Bertz CT molecular complexity index is 940. The molecule has 0 saturated heterocycles. The molecule has 1 amide bonds. The van der Waals surface area contributed by atoms with Gasteiger partial charge in [-0.2, -0.15) is 0 Å². The van der Waals surface area contributed by atoms with Crippen LogP contribution in [0, 0.1) is 0 Å². The lowest BCUT2D eigenvalue weighted by atomic mass is 10.2. The number of para-hydroxylation sites is 2. The van der Waals surface area contributed by atoms with Crippen molar-refractivity contribution in [1.29, 1.82) is 0 Å². The number of carbonyl (C=O) groups is 1. The predicted octanol–water partition coefficient (Wildman–Crippen LogP) is 4.06. The third-order valence-corrected chi connectivity index (χ3v) is 5.46. The highest BCUT2D eigenvalue weighted by Crippen LogP contribution is 2.31. The molecule has 154 valence electrons. The maximum absolute atomic E-state index is 12.5. The van der Waals surface area contributed by atoms with Gasteiger partial charge in [0.25, 0.3) is 0 Å². The van der Waals surface area contributed by atoms with Gasteiger partial charge in [-0.05, 0) is 56.7 Å². The molecule has 0 bridgehead atoms. The molecule has 1 atom stereocenters. The van der Waals surface area contributed by atoms with Crippen LogP contribution in [0.15, 0.2) is 53.7 Å². The lowest BCUT2D eigenvalue weighted by Gasteiger charge is -2.14. The Morgan fingerprint density at radius 2 is 1.97 bits per heavy atom. The Labute approximate surface area is 175 Å². The molecule has 6 nitrogen and oxygen atoms in total. The van der Waals surface area contributed by atoms with Crippen LogP contribution in [-0.2, 0) is 9.53 Å². The molecule has 0 fully saturated rings. The molecule has 3 rings (SSSR count). The lowest BCUT2D eigenvalue weighted by Crippen LogP contribution is -2.32. The average molecular weight is 414 g/mol. The Morgan fingerprint density at radius 1 is 1.21 bits per heavy atom. The van der Waals surface area contributed by atoms with Crippen molar-refractivity contribution >= 4 is 28.7 Å². The second kappa shape index (κ2) is 10.3. The van der Waals surface area contributed by atoms with Gasteiger partial charge in [0.15, 0.2) is 5.16 Å². The number of hydrogen-bond acceptors (Lipinski definition) is 5. The number of benzene rings is 2. The smallest absolute Gasteiger partial charge is 0.233 e. The van der Waals surface area contributed by atoms with Crippen molar-refractivity contribution in [2.75, 3.05) is 26.9 Å². The third kappa shape index (κ3) is 5.31. The number of thioether (sulfide) groups is 1. The number of imidazole rings is 1. The van der Waals surface area contributed by atoms with Crippen molar-refractivity contribution in [1.82, 2.24) is 14.9 Å². The largest absolute Gasteiger partial charge is 0.494 e. The first kappa shape index (κ1) is 21.2. The number of amides is 1. The van der Waals surface area contributed by atoms with Crippen molar-refractivity contribution in [2.45, 2.75) is 30.7 Å². The van der Waals surface area contributed by atoms with Crippen molar-refractivity contribution in [3.05, 3.63) is 48.5 Å². The highest BCUT2D eigenvalue weighted by Gasteiger charge is 2.20. The minimum Gasteiger partial charge on any atom is -0.494 e. The van der Waals surface area contributed by atoms with Crippen LogP contribution in [0.4, 0.5) is 0 Å². The van der Waals surface area contributed by atoms with E-state index >= 15 is 0 Å². The fourth-order valence-corrected chi connectivity index (χ4v) is 3.94. The van der Waals surface area contributed by atoms with Crippen LogP contribution in [0.1, 0.15) is 20.3 Å². The molecule has 2 aromatic carbocycles. The number of methoxy groups -OCH3 is 1. The van der Waals surface area contributed by atoms with E-state index in [4.69, 9.17) is 14.5 Å². The SMILES string of the molecule is CCOc1ccc(-n2c(SC(C)C(=O)NCCCOC)nc3ccccc32)cc1. The van der Waals surface area contributed by atoms with E-state index in [0.717, 1.165) is 34.0 Å². The molecule has 0 spiro atoms. The third-order valence-electron chi connectivity index (χ3n) is 4.41. The van der Waals surface area contributed by atoms with Gasteiger partial charge in [-0.25, -0.2) is 4.98 Å². The molecule has 7 heteroatoms. The fraction of sp³-hybridized carbons (Fsp3) is 0.364. The summed E-state index contributed by atoms with van der Waals surface area (Å²) in [7, 11) is 1.66. The summed E-state index contributed by atoms with van der Waals surface area (Å²) in [6.45, 7) is 5.74. The molecule has 0 saturated carbocycles. The quantitative estimate of drug-likeness (QED) is 0.401. The number of hydrogen-bond donors (Lipinski definition) is 1. The van der Waals surface area contributed by atoms with E-state index in [-0.39, 0.29) is 11.2 Å². The highest BCUT2D eigenvalue weighted by molar-refractivity contribution is 8.00. The van der Waals surface area contributed by atoms with E-state index < -0.39 is 0 Å². The van der Waals surface area contributed by atoms with Gasteiger partial charge in [-0.15, -0.1) is 0 Å². The van der Waals surface area contributed by atoms with Gasteiger partial charge in [-0.1, -0.05) is 23.9 Å². The summed E-state index contributed by atoms with van der Waals surface area (Å²) in [6.07, 6.45) is 0.796. The number of nitrogens with one attached hydrogen (secondary N) is 1. The standard InChI is InChI=1S/C22H27N3O3S/c1-4-28-18-12-10-17(11-13-18)25-20-9-6-5-8-19(20)24-22(25)29-16(2)21(26)23-14-7-15-27-3/h5-6,8-13,16H,4,7,14-15H2,1-3H3,(H,23,26). The van der Waals surface area contributed by atoms with Crippen LogP contribution in [0.2, 0.25) is 0 Å². The fourth-order valence-electron chi connectivity index (χ4n) is 2.97. The van der Waals surface area contributed by atoms with Crippen molar-refractivity contribution in [3.8, 4) is 11.4 Å². The van der Waals surface area contributed by atoms with Gasteiger partial charge in [0.05, 0.1) is 22.9 Å². The summed E-state index contributed by atoms with van der Waals surface area (Å²) in [5.74, 6) is 0.829. The molecule has 0 radical (unpaired) electrons. The van der Waals surface area contributed by atoms with Gasteiger partial charge < -0.3 is 14.8 Å². The number of nitrogens with zero attached hydrogens (tertiary/aromatic N) is 2. The zero-order chi connectivity index (χ0) is 20.6. The van der Waals surface area contributed by atoms with Crippen LogP contribution in [0.25, 0.3) is 16.7 Å². The molecule has 1 unspecified atom stereocenters. The highest BCUT2D eigenvalue weighted by atomic mass is 32.2. The zero-order valence-electron chi connectivity index (χ0n) is 17.1. The number of fused-ring (bicyclic) bond motifs is 1. The maximum atomic E-state index is 12.5. The Balaban J connectivity index is 1.84. The Kier molecular flexibility index (Phi) is 7.55. The van der Waals surface area contributed by atoms with Crippen LogP contribution >= 0.6 is 11.8 Å². The minimum atomic E-state index is -0.268. The molecule has 29 heavy (non-hydrogen) atoms. The monoisotopic (exact) mass is 413 g/mol.